The molecule has 1 aliphatic heterocycles. The summed E-state index contributed by atoms with van der Waals surface area (Å²) in [5, 5.41) is 3.34. The highest BCUT2D eigenvalue weighted by Crippen LogP contribution is 2.29. The molecule has 2 aromatic carbocycles. The molecule has 3 amide bonds. The first kappa shape index (κ1) is 18.5. The quantitative estimate of drug-likeness (QED) is 0.649. The Morgan fingerprint density at radius 2 is 2.10 bits per heavy atom. The first-order valence-electron chi connectivity index (χ1n) is 8.89. The van der Waals surface area contributed by atoms with Gasteiger partial charge in [-0.25, -0.2) is 9.18 Å². The average Bonchev–Trinajstić information content (AvgIpc) is 3.01. The second kappa shape index (κ2) is 6.97. The van der Waals surface area contributed by atoms with Crippen LogP contribution in [-0.4, -0.2) is 34.7 Å². The monoisotopic (exact) mass is 392 g/mol. The molecule has 1 aromatic heterocycles. The third-order valence-electron chi connectivity index (χ3n) is 5.06. The van der Waals surface area contributed by atoms with E-state index in [0.717, 1.165) is 5.39 Å². The maximum absolute atomic E-state index is 13.5. The summed E-state index contributed by atoms with van der Waals surface area (Å²) in [6.07, 6.45) is 2.17. The lowest BCUT2D eigenvalue weighted by atomic mass is 9.89. The van der Waals surface area contributed by atoms with E-state index in [4.69, 9.17) is 5.73 Å². The third-order valence-corrected chi connectivity index (χ3v) is 5.06. The fourth-order valence-electron chi connectivity index (χ4n) is 3.66. The van der Waals surface area contributed by atoms with E-state index in [1.165, 1.54) is 23.1 Å². The molecule has 2 heterocycles. The Morgan fingerprint density at radius 3 is 2.86 bits per heavy atom. The summed E-state index contributed by atoms with van der Waals surface area (Å²) < 4.78 is 13.5. The molecule has 146 valence electrons. The Morgan fingerprint density at radius 1 is 1.28 bits per heavy atom. The molecule has 4 rings (SSSR count). The SMILES string of the molecule is NC(=O)NC(C=O)(CN1Cc2ccc(F)cc2C1=O)c1ccc2cccnc2c1. The van der Waals surface area contributed by atoms with E-state index in [1.54, 1.807) is 30.5 Å². The minimum absolute atomic E-state index is 0.160. The smallest absolute Gasteiger partial charge is 0.313 e. The van der Waals surface area contributed by atoms with Gasteiger partial charge in [0.05, 0.1) is 12.1 Å². The van der Waals surface area contributed by atoms with Crippen molar-refractivity contribution in [3.05, 3.63) is 77.2 Å². The molecule has 0 saturated heterocycles. The van der Waals surface area contributed by atoms with Crippen LogP contribution in [0.2, 0.25) is 0 Å². The number of hydrogen-bond acceptors (Lipinski definition) is 4. The second-order valence-electron chi connectivity index (χ2n) is 6.95. The Bertz CT molecular complexity index is 1150. The lowest BCUT2D eigenvalue weighted by Crippen LogP contribution is -2.56. The van der Waals surface area contributed by atoms with Crippen LogP contribution in [0.4, 0.5) is 9.18 Å². The number of nitrogens with one attached hydrogen (secondary N) is 1. The predicted octanol–water partition coefficient (Wildman–Crippen LogP) is 2.09. The Labute approximate surface area is 165 Å². The molecule has 0 aliphatic carbocycles. The lowest BCUT2D eigenvalue weighted by Gasteiger charge is -2.33. The van der Waals surface area contributed by atoms with Gasteiger partial charge in [0.1, 0.15) is 11.4 Å². The highest BCUT2D eigenvalue weighted by molar-refractivity contribution is 5.99. The van der Waals surface area contributed by atoms with E-state index in [9.17, 15) is 18.8 Å². The minimum atomic E-state index is -1.58. The van der Waals surface area contributed by atoms with Crippen LogP contribution in [0.5, 0.6) is 0 Å². The number of halogens is 1. The number of carbonyl (C=O) groups is 3. The van der Waals surface area contributed by atoms with E-state index in [2.05, 4.69) is 10.3 Å². The average molecular weight is 392 g/mol. The number of nitrogens with zero attached hydrogens (tertiary/aromatic N) is 2. The van der Waals surface area contributed by atoms with Gasteiger partial charge in [0.25, 0.3) is 5.91 Å². The van der Waals surface area contributed by atoms with E-state index in [1.807, 2.05) is 6.07 Å². The molecule has 1 unspecified atom stereocenters. The lowest BCUT2D eigenvalue weighted by molar-refractivity contribution is -0.113. The van der Waals surface area contributed by atoms with Crippen molar-refractivity contribution in [2.24, 2.45) is 5.73 Å². The normalized spacial score (nSPS) is 15.1. The molecule has 0 radical (unpaired) electrons. The van der Waals surface area contributed by atoms with E-state index >= 15 is 0 Å². The fraction of sp³-hybridized carbons (Fsp3) is 0.143. The zero-order chi connectivity index (χ0) is 20.6. The third kappa shape index (κ3) is 3.29. The van der Waals surface area contributed by atoms with Crippen LogP contribution in [0.15, 0.2) is 54.7 Å². The number of benzene rings is 2. The molecular formula is C21H17FN4O3. The summed E-state index contributed by atoms with van der Waals surface area (Å²) >= 11 is 0. The molecule has 0 saturated carbocycles. The number of aromatic nitrogens is 1. The molecule has 3 N–H and O–H groups in total. The van der Waals surface area contributed by atoms with Crippen molar-refractivity contribution in [1.29, 1.82) is 0 Å². The van der Waals surface area contributed by atoms with Gasteiger partial charge in [-0.3, -0.25) is 9.78 Å². The van der Waals surface area contributed by atoms with Crippen LogP contribution in [0.3, 0.4) is 0 Å². The molecule has 0 fully saturated rings. The first-order chi connectivity index (χ1) is 13.9. The Balaban J connectivity index is 1.74. The second-order valence-corrected chi connectivity index (χ2v) is 6.95. The van der Waals surface area contributed by atoms with Crippen molar-refractivity contribution < 1.29 is 18.8 Å². The van der Waals surface area contributed by atoms with Crippen molar-refractivity contribution in [3.8, 4) is 0 Å². The molecule has 0 spiro atoms. The summed E-state index contributed by atoms with van der Waals surface area (Å²) in [5.74, 6) is -0.938. The summed E-state index contributed by atoms with van der Waals surface area (Å²) in [5.41, 5.74) is 5.72. The molecule has 8 heteroatoms. The zero-order valence-electron chi connectivity index (χ0n) is 15.3. The zero-order valence-corrected chi connectivity index (χ0v) is 15.3. The van der Waals surface area contributed by atoms with Gasteiger partial charge in [0.2, 0.25) is 0 Å². The van der Waals surface area contributed by atoms with Gasteiger partial charge in [-0.2, -0.15) is 0 Å². The molecule has 1 aliphatic rings. The first-order valence-corrected chi connectivity index (χ1v) is 8.89. The maximum Gasteiger partial charge on any atom is 0.313 e. The standard InChI is InChI=1S/C21H17FN4O3/c22-16-6-4-14-10-26(19(28)17(14)9-16)11-21(12-27,25-20(23)29)15-5-3-13-2-1-7-24-18(13)8-15/h1-9,12H,10-11H2,(H3,23,25,29). The van der Waals surface area contributed by atoms with Crippen LogP contribution >= 0.6 is 0 Å². The van der Waals surface area contributed by atoms with E-state index in [-0.39, 0.29) is 18.7 Å². The molecule has 29 heavy (non-hydrogen) atoms. The number of carbonyl (C=O) groups excluding carboxylic acids is 3. The van der Waals surface area contributed by atoms with E-state index in [0.29, 0.717) is 22.9 Å². The van der Waals surface area contributed by atoms with Crippen LogP contribution in [0, 0.1) is 5.82 Å². The van der Waals surface area contributed by atoms with Crippen molar-refractivity contribution >= 4 is 29.1 Å². The summed E-state index contributed by atoms with van der Waals surface area (Å²) in [6, 6.07) is 11.9. The minimum Gasteiger partial charge on any atom is -0.352 e. The highest BCUT2D eigenvalue weighted by Gasteiger charge is 2.40. The van der Waals surface area contributed by atoms with Gasteiger partial charge in [0.15, 0.2) is 6.29 Å². The predicted molar refractivity (Wildman–Crippen MR) is 103 cm³/mol. The van der Waals surface area contributed by atoms with Crippen molar-refractivity contribution in [1.82, 2.24) is 15.2 Å². The van der Waals surface area contributed by atoms with Crippen LogP contribution in [-0.2, 0) is 16.9 Å². The largest absolute Gasteiger partial charge is 0.352 e. The number of nitrogens with two attached hydrogens (primary N) is 1. The molecular weight excluding hydrogens is 375 g/mol. The van der Waals surface area contributed by atoms with Crippen LogP contribution in [0.1, 0.15) is 21.5 Å². The van der Waals surface area contributed by atoms with Gasteiger partial charge in [-0.1, -0.05) is 24.3 Å². The molecule has 7 nitrogen and oxygen atoms in total. The summed E-state index contributed by atoms with van der Waals surface area (Å²) in [6.45, 7) is 0.0310. The van der Waals surface area contributed by atoms with Gasteiger partial charge in [-0.05, 0) is 35.4 Å². The van der Waals surface area contributed by atoms with Gasteiger partial charge in [-0.15, -0.1) is 0 Å². The topological polar surface area (TPSA) is 105 Å². The molecule has 1 atom stereocenters. The van der Waals surface area contributed by atoms with Gasteiger partial charge >= 0.3 is 6.03 Å². The highest BCUT2D eigenvalue weighted by atomic mass is 19.1. The molecule has 0 bridgehead atoms. The number of amides is 3. The van der Waals surface area contributed by atoms with Gasteiger partial charge in [0, 0.05) is 23.7 Å². The number of fused-ring (bicyclic) bond motifs is 2. The maximum atomic E-state index is 13.5. The van der Waals surface area contributed by atoms with Gasteiger partial charge < -0.3 is 20.7 Å². The number of rotatable bonds is 5. The number of hydrogen-bond donors (Lipinski definition) is 2. The van der Waals surface area contributed by atoms with Crippen molar-refractivity contribution in [2.75, 3.05) is 6.54 Å². The summed E-state index contributed by atoms with van der Waals surface area (Å²) in [7, 11) is 0. The molecule has 3 aromatic rings. The van der Waals surface area contributed by atoms with Crippen LogP contribution in [0.25, 0.3) is 10.9 Å². The van der Waals surface area contributed by atoms with E-state index < -0.39 is 23.3 Å². The van der Waals surface area contributed by atoms with Crippen molar-refractivity contribution in [2.45, 2.75) is 12.1 Å². The number of primary amides is 1. The number of urea groups is 1. The fourth-order valence-corrected chi connectivity index (χ4v) is 3.66. The number of pyridine rings is 1. The van der Waals surface area contributed by atoms with Crippen molar-refractivity contribution in [3.63, 3.8) is 0 Å². The van der Waals surface area contributed by atoms with Crippen LogP contribution < -0.4 is 11.1 Å². The Kier molecular flexibility index (Phi) is 4.46. The summed E-state index contributed by atoms with van der Waals surface area (Å²) in [4.78, 5) is 42.4. The Hall–Kier alpha value is -3.81. The number of aldehydes is 1.